The number of aliphatic hydroxyl groups is 1. The minimum Gasteiger partial charge on any atom is -0.390 e. The van der Waals surface area contributed by atoms with E-state index in [0.29, 0.717) is 13.1 Å². The molecule has 1 N–H and O–H groups in total. The van der Waals surface area contributed by atoms with Gasteiger partial charge in [0.05, 0.1) is 12.6 Å². The lowest BCUT2D eigenvalue weighted by molar-refractivity contribution is -0.130. The monoisotopic (exact) mass is 351 g/mol. The topological polar surface area (TPSA) is 48.7 Å². The van der Waals surface area contributed by atoms with Crippen LogP contribution in [0, 0.1) is 0 Å². The summed E-state index contributed by atoms with van der Waals surface area (Å²) in [6, 6.07) is 16.7. The van der Waals surface area contributed by atoms with Crippen molar-refractivity contribution >= 4 is 27.7 Å². The van der Waals surface area contributed by atoms with Crippen LogP contribution in [0.1, 0.15) is 6.92 Å². The van der Waals surface area contributed by atoms with Gasteiger partial charge in [0.1, 0.15) is 0 Å². The van der Waals surface area contributed by atoms with Gasteiger partial charge in [-0.25, -0.2) is 0 Å². The van der Waals surface area contributed by atoms with Crippen LogP contribution in [0.2, 0.25) is 0 Å². The molecule has 0 radical (unpaired) electrons. The second-order valence-corrected chi connectivity index (χ2v) is 7.11. The number of piperazine rings is 1. The average molecular weight is 351 g/mol. The second-order valence-electron chi connectivity index (χ2n) is 7.11. The fourth-order valence-corrected chi connectivity index (χ4v) is 4.01. The summed E-state index contributed by atoms with van der Waals surface area (Å²) in [4.78, 5) is 15.6. The number of hydrogen-bond donors (Lipinski definition) is 1. The van der Waals surface area contributed by atoms with E-state index in [0.717, 1.165) is 37.2 Å². The highest BCUT2D eigenvalue weighted by Crippen LogP contribution is 2.28. The summed E-state index contributed by atoms with van der Waals surface area (Å²) < 4.78 is 2.22. The molecule has 0 saturated carbocycles. The van der Waals surface area contributed by atoms with Crippen molar-refractivity contribution in [3.63, 3.8) is 0 Å². The van der Waals surface area contributed by atoms with E-state index in [1.54, 1.807) is 6.92 Å². The molecule has 0 unspecified atom stereocenters. The van der Waals surface area contributed by atoms with Gasteiger partial charge in [-0.1, -0.05) is 36.4 Å². The van der Waals surface area contributed by atoms with Crippen molar-refractivity contribution in [3.8, 4) is 0 Å². The van der Waals surface area contributed by atoms with Crippen LogP contribution in [-0.4, -0.2) is 64.2 Å². The highest BCUT2D eigenvalue weighted by Gasteiger charge is 2.21. The van der Waals surface area contributed by atoms with E-state index in [2.05, 4.69) is 45.9 Å². The summed E-state index contributed by atoms with van der Waals surface area (Å²) in [5.74, 6) is 0.135. The Balaban J connectivity index is 1.51. The van der Waals surface area contributed by atoms with E-state index in [1.165, 1.54) is 10.8 Å². The van der Waals surface area contributed by atoms with Crippen molar-refractivity contribution < 1.29 is 9.90 Å². The molecule has 0 bridgehead atoms. The molecule has 1 saturated heterocycles. The van der Waals surface area contributed by atoms with Gasteiger partial charge >= 0.3 is 0 Å². The van der Waals surface area contributed by atoms with Gasteiger partial charge in [-0.2, -0.15) is 0 Å². The van der Waals surface area contributed by atoms with E-state index >= 15 is 0 Å². The minimum atomic E-state index is -0.446. The summed E-state index contributed by atoms with van der Waals surface area (Å²) in [7, 11) is 0. The quantitative estimate of drug-likeness (QED) is 0.785. The zero-order valence-corrected chi connectivity index (χ0v) is 15.1. The van der Waals surface area contributed by atoms with E-state index in [-0.39, 0.29) is 5.91 Å². The molecule has 4 rings (SSSR count). The molecule has 1 aromatic heterocycles. The van der Waals surface area contributed by atoms with Crippen LogP contribution in [0.25, 0.3) is 21.8 Å². The van der Waals surface area contributed by atoms with E-state index in [4.69, 9.17) is 0 Å². The smallest absolute Gasteiger partial charge is 0.219 e. The van der Waals surface area contributed by atoms with Crippen LogP contribution in [0.3, 0.4) is 0 Å². The lowest BCUT2D eigenvalue weighted by Crippen LogP contribution is -2.50. The van der Waals surface area contributed by atoms with Crippen LogP contribution in [0.15, 0.2) is 48.5 Å². The number of fused-ring (bicyclic) bond motifs is 3. The molecule has 3 aromatic rings. The Bertz CT molecular complexity index is 872. The molecular weight excluding hydrogens is 326 g/mol. The number of β-amino-alcohol motifs (C(OH)–C–C–N with tert-alkyl or cyclic N) is 1. The molecule has 0 spiro atoms. The normalized spacial score (nSPS) is 17.1. The summed E-state index contributed by atoms with van der Waals surface area (Å²) in [6.07, 6.45) is -0.446. The first-order valence-corrected chi connectivity index (χ1v) is 9.25. The van der Waals surface area contributed by atoms with Gasteiger partial charge in [0.15, 0.2) is 0 Å². The van der Waals surface area contributed by atoms with Crippen LogP contribution >= 0.6 is 0 Å². The molecule has 1 aliphatic rings. The predicted molar refractivity (Wildman–Crippen MR) is 104 cm³/mol. The van der Waals surface area contributed by atoms with E-state index < -0.39 is 6.10 Å². The third-order valence-corrected chi connectivity index (χ3v) is 5.36. The van der Waals surface area contributed by atoms with Gasteiger partial charge in [0.2, 0.25) is 5.91 Å². The van der Waals surface area contributed by atoms with E-state index in [1.807, 2.05) is 17.0 Å². The Kier molecular flexibility index (Phi) is 4.66. The van der Waals surface area contributed by atoms with Crippen molar-refractivity contribution in [2.75, 3.05) is 32.7 Å². The Morgan fingerprint density at radius 1 is 0.923 bits per heavy atom. The van der Waals surface area contributed by atoms with Crippen LogP contribution < -0.4 is 0 Å². The van der Waals surface area contributed by atoms with Gasteiger partial charge in [-0.15, -0.1) is 0 Å². The van der Waals surface area contributed by atoms with E-state index in [9.17, 15) is 9.90 Å². The molecule has 1 fully saturated rings. The minimum absolute atomic E-state index is 0.135. The summed E-state index contributed by atoms with van der Waals surface area (Å²) >= 11 is 0. The predicted octanol–water partition coefficient (Wildman–Crippen LogP) is 2.32. The number of benzene rings is 2. The standard InChI is InChI=1S/C21H25N3O2/c1-16(25)23-12-10-22(11-13-23)14-17(26)15-24-20-8-4-2-6-18(20)19-7-3-5-9-21(19)24/h2-9,17,26H,10-15H2,1H3/t17-/m1/s1. The van der Waals surface area contributed by atoms with Crippen LogP contribution in [-0.2, 0) is 11.3 Å². The Morgan fingerprint density at radius 2 is 1.46 bits per heavy atom. The molecule has 1 aliphatic heterocycles. The molecule has 1 atom stereocenters. The van der Waals surface area contributed by atoms with Crippen molar-refractivity contribution in [1.29, 1.82) is 0 Å². The molecule has 26 heavy (non-hydrogen) atoms. The number of carbonyl (C=O) groups is 1. The van der Waals surface area contributed by atoms with Gasteiger partial charge in [-0.05, 0) is 12.1 Å². The Morgan fingerprint density at radius 3 is 2.00 bits per heavy atom. The fraction of sp³-hybridized carbons (Fsp3) is 0.381. The number of para-hydroxylation sites is 2. The summed E-state index contributed by atoms with van der Waals surface area (Å²) in [6.45, 7) is 5.96. The third-order valence-electron chi connectivity index (χ3n) is 5.36. The van der Waals surface area contributed by atoms with Gasteiger partial charge in [-0.3, -0.25) is 9.69 Å². The maximum atomic E-state index is 11.4. The van der Waals surface area contributed by atoms with Crippen molar-refractivity contribution in [2.24, 2.45) is 0 Å². The lowest BCUT2D eigenvalue weighted by Gasteiger charge is -2.35. The van der Waals surface area contributed by atoms with Crippen molar-refractivity contribution in [3.05, 3.63) is 48.5 Å². The number of hydrogen-bond acceptors (Lipinski definition) is 3. The maximum absolute atomic E-state index is 11.4. The van der Waals surface area contributed by atoms with Gasteiger partial charge < -0.3 is 14.6 Å². The average Bonchev–Trinajstić information content (AvgIpc) is 2.96. The number of rotatable bonds is 4. The van der Waals surface area contributed by atoms with Crippen molar-refractivity contribution in [2.45, 2.75) is 19.6 Å². The number of aromatic nitrogens is 1. The first kappa shape index (κ1) is 17.1. The zero-order chi connectivity index (χ0) is 18.1. The SMILES string of the molecule is CC(=O)N1CCN(C[C@@H](O)Cn2c3ccccc3c3ccccc32)CC1. The highest BCUT2D eigenvalue weighted by atomic mass is 16.3. The highest BCUT2D eigenvalue weighted by molar-refractivity contribution is 6.07. The van der Waals surface area contributed by atoms with Crippen LogP contribution in [0.5, 0.6) is 0 Å². The molecular formula is C21H25N3O2. The fourth-order valence-electron chi connectivity index (χ4n) is 4.01. The molecule has 2 heterocycles. The van der Waals surface area contributed by atoms with Gasteiger partial charge in [0, 0.05) is 61.5 Å². The maximum Gasteiger partial charge on any atom is 0.219 e. The summed E-state index contributed by atoms with van der Waals surface area (Å²) in [5.41, 5.74) is 2.32. The molecule has 0 aliphatic carbocycles. The summed E-state index contributed by atoms with van der Waals surface area (Å²) in [5, 5.41) is 13.2. The van der Waals surface area contributed by atoms with Gasteiger partial charge in [0.25, 0.3) is 0 Å². The lowest BCUT2D eigenvalue weighted by atomic mass is 10.2. The molecule has 5 nitrogen and oxygen atoms in total. The first-order valence-electron chi connectivity index (χ1n) is 9.25. The number of amides is 1. The number of nitrogens with zero attached hydrogens (tertiary/aromatic N) is 3. The molecule has 2 aromatic carbocycles. The number of carbonyl (C=O) groups excluding carboxylic acids is 1. The Labute approximate surface area is 153 Å². The second kappa shape index (κ2) is 7.09. The number of aliphatic hydroxyl groups excluding tert-OH is 1. The third kappa shape index (κ3) is 3.20. The first-order chi connectivity index (χ1) is 12.6. The Hall–Kier alpha value is -2.37. The molecule has 136 valence electrons. The molecule has 1 amide bonds. The van der Waals surface area contributed by atoms with Crippen molar-refractivity contribution in [1.82, 2.24) is 14.4 Å². The molecule has 5 heteroatoms. The largest absolute Gasteiger partial charge is 0.390 e. The van der Waals surface area contributed by atoms with Crippen LogP contribution in [0.4, 0.5) is 0 Å². The zero-order valence-electron chi connectivity index (χ0n) is 15.1.